The Morgan fingerprint density at radius 2 is 2.06 bits per heavy atom. The van der Waals surface area contributed by atoms with Gasteiger partial charge in [0, 0.05) is 23.5 Å². The molecule has 0 aliphatic carbocycles. The lowest BCUT2D eigenvalue weighted by molar-refractivity contribution is 0.475. The molecule has 3 nitrogen and oxygen atoms in total. The SMILES string of the molecule is CNC(C)c1cnc(Cc2ccc(O)cc2)s1. The number of benzene rings is 1. The van der Waals surface area contributed by atoms with Gasteiger partial charge in [-0.25, -0.2) is 4.98 Å². The summed E-state index contributed by atoms with van der Waals surface area (Å²) in [4.78, 5) is 5.67. The summed E-state index contributed by atoms with van der Waals surface area (Å²) in [5.74, 6) is 0.303. The number of nitrogens with zero attached hydrogens (tertiary/aromatic N) is 1. The molecule has 2 aromatic rings. The van der Waals surface area contributed by atoms with Gasteiger partial charge in [-0.2, -0.15) is 0 Å². The molecule has 0 saturated carbocycles. The minimum Gasteiger partial charge on any atom is -0.508 e. The zero-order chi connectivity index (χ0) is 12.3. The Bertz CT molecular complexity index is 478. The van der Waals surface area contributed by atoms with E-state index in [4.69, 9.17) is 0 Å². The van der Waals surface area contributed by atoms with Crippen LogP contribution in [0, 0.1) is 0 Å². The molecule has 1 atom stereocenters. The van der Waals surface area contributed by atoms with Crippen LogP contribution in [0.15, 0.2) is 30.5 Å². The summed E-state index contributed by atoms with van der Waals surface area (Å²) in [6.45, 7) is 2.12. The highest BCUT2D eigenvalue weighted by molar-refractivity contribution is 7.11. The van der Waals surface area contributed by atoms with Crippen molar-refractivity contribution in [1.82, 2.24) is 10.3 Å². The highest BCUT2D eigenvalue weighted by atomic mass is 32.1. The quantitative estimate of drug-likeness (QED) is 0.874. The summed E-state index contributed by atoms with van der Waals surface area (Å²) in [5, 5.41) is 13.5. The Hall–Kier alpha value is -1.39. The van der Waals surface area contributed by atoms with Crippen LogP contribution in [0.3, 0.4) is 0 Å². The van der Waals surface area contributed by atoms with Crippen molar-refractivity contribution in [2.75, 3.05) is 7.05 Å². The Kier molecular flexibility index (Phi) is 3.76. The van der Waals surface area contributed by atoms with Gasteiger partial charge in [-0.05, 0) is 31.7 Å². The molecule has 0 aliphatic rings. The van der Waals surface area contributed by atoms with Gasteiger partial charge >= 0.3 is 0 Å². The van der Waals surface area contributed by atoms with Crippen molar-refractivity contribution >= 4 is 11.3 Å². The van der Waals surface area contributed by atoms with Crippen molar-refractivity contribution < 1.29 is 5.11 Å². The first-order chi connectivity index (χ1) is 8.19. The largest absolute Gasteiger partial charge is 0.508 e. The average molecular weight is 248 g/mol. The van der Waals surface area contributed by atoms with E-state index in [0.29, 0.717) is 11.8 Å². The number of thiazole rings is 1. The Morgan fingerprint density at radius 1 is 1.35 bits per heavy atom. The van der Waals surface area contributed by atoms with E-state index in [1.807, 2.05) is 25.4 Å². The first-order valence-electron chi connectivity index (χ1n) is 5.59. The van der Waals surface area contributed by atoms with E-state index in [9.17, 15) is 5.11 Å². The van der Waals surface area contributed by atoms with Crippen LogP contribution in [-0.4, -0.2) is 17.1 Å². The van der Waals surface area contributed by atoms with E-state index in [-0.39, 0.29) is 0 Å². The van der Waals surface area contributed by atoms with Gasteiger partial charge in [0.15, 0.2) is 0 Å². The van der Waals surface area contributed by atoms with Crippen LogP contribution in [0.1, 0.15) is 28.4 Å². The molecular formula is C13H16N2OS. The predicted octanol–water partition coefficient (Wildman–Crippen LogP) is 2.72. The lowest BCUT2D eigenvalue weighted by atomic mass is 10.1. The number of phenolic OH excluding ortho intramolecular Hbond substituents is 1. The zero-order valence-electron chi connectivity index (χ0n) is 9.97. The molecule has 17 heavy (non-hydrogen) atoms. The summed E-state index contributed by atoms with van der Waals surface area (Å²) >= 11 is 1.73. The summed E-state index contributed by atoms with van der Waals surface area (Å²) in [6.07, 6.45) is 2.75. The molecular weight excluding hydrogens is 232 g/mol. The summed E-state index contributed by atoms with van der Waals surface area (Å²) in [7, 11) is 1.95. The van der Waals surface area contributed by atoms with E-state index in [2.05, 4.69) is 17.2 Å². The standard InChI is InChI=1S/C13H16N2OS/c1-9(14-2)12-8-15-13(17-12)7-10-3-5-11(16)6-4-10/h3-6,8-9,14,16H,7H2,1-2H3. The Balaban J connectivity index is 2.08. The van der Waals surface area contributed by atoms with Gasteiger partial charge in [0.1, 0.15) is 5.75 Å². The van der Waals surface area contributed by atoms with Crippen LogP contribution in [0.4, 0.5) is 0 Å². The highest BCUT2D eigenvalue weighted by Gasteiger charge is 2.08. The maximum Gasteiger partial charge on any atom is 0.115 e. The molecule has 0 spiro atoms. The maximum atomic E-state index is 9.21. The molecule has 2 rings (SSSR count). The van der Waals surface area contributed by atoms with Crippen molar-refractivity contribution in [3.8, 4) is 5.75 Å². The summed E-state index contributed by atoms with van der Waals surface area (Å²) < 4.78 is 0. The molecule has 4 heteroatoms. The lowest BCUT2D eigenvalue weighted by Crippen LogP contribution is -2.10. The minimum atomic E-state index is 0.303. The van der Waals surface area contributed by atoms with Crippen molar-refractivity contribution in [2.24, 2.45) is 0 Å². The minimum absolute atomic E-state index is 0.303. The molecule has 90 valence electrons. The molecule has 1 heterocycles. The number of phenols is 1. The Labute approximate surface area is 105 Å². The average Bonchev–Trinajstić information content (AvgIpc) is 2.80. The van der Waals surface area contributed by atoms with Crippen molar-refractivity contribution in [3.63, 3.8) is 0 Å². The van der Waals surface area contributed by atoms with Crippen LogP contribution in [0.5, 0.6) is 5.75 Å². The van der Waals surface area contributed by atoms with Gasteiger partial charge in [0.2, 0.25) is 0 Å². The number of hydrogen-bond donors (Lipinski definition) is 2. The van der Waals surface area contributed by atoms with Crippen LogP contribution in [0.2, 0.25) is 0 Å². The van der Waals surface area contributed by atoms with E-state index >= 15 is 0 Å². The van der Waals surface area contributed by atoms with Crippen LogP contribution in [0.25, 0.3) is 0 Å². The van der Waals surface area contributed by atoms with Gasteiger partial charge in [0.05, 0.1) is 5.01 Å². The van der Waals surface area contributed by atoms with Crippen LogP contribution < -0.4 is 5.32 Å². The third-order valence-corrected chi connectivity index (χ3v) is 3.90. The first-order valence-corrected chi connectivity index (χ1v) is 6.40. The van der Waals surface area contributed by atoms with E-state index < -0.39 is 0 Å². The third kappa shape index (κ3) is 3.05. The fourth-order valence-electron chi connectivity index (χ4n) is 1.54. The molecule has 1 unspecified atom stereocenters. The second-order valence-electron chi connectivity index (χ2n) is 4.01. The van der Waals surface area contributed by atoms with E-state index in [1.54, 1.807) is 23.5 Å². The van der Waals surface area contributed by atoms with Crippen molar-refractivity contribution in [2.45, 2.75) is 19.4 Å². The lowest BCUT2D eigenvalue weighted by Gasteiger charge is -2.04. The third-order valence-electron chi connectivity index (χ3n) is 2.72. The first kappa shape index (κ1) is 12.1. The molecule has 0 aliphatic heterocycles. The smallest absolute Gasteiger partial charge is 0.115 e. The normalized spacial score (nSPS) is 12.6. The molecule has 0 bridgehead atoms. The van der Waals surface area contributed by atoms with Gasteiger partial charge in [-0.15, -0.1) is 11.3 Å². The monoisotopic (exact) mass is 248 g/mol. The topological polar surface area (TPSA) is 45.2 Å². The van der Waals surface area contributed by atoms with Crippen LogP contribution in [-0.2, 0) is 6.42 Å². The molecule has 1 aromatic heterocycles. The number of aromatic hydroxyl groups is 1. The van der Waals surface area contributed by atoms with Crippen molar-refractivity contribution in [3.05, 3.63) is 45.9 Å². The fraction of sp³-hybridized carbons (Fsp3) is 0.308. The van der Waals surface area contributed by atoms with Gasteiger partial charge in [0.25, 0.3) is 0 Å². The predicted molar refractivity (Wildman–Crippen MR) is 70.5 cm³/mol. The molecule has 0 fully saturated rings. The summed E-state index contributed by atoms with van der Waals surface area (Å²) in [6, 6.07) is 7.62. The van der Waals surface area contributed by atoms with Gasteiger partial charge in [-0.3, -0.25) is 0 Å². The number of rotatable bonds is 4. The highest BCUT2D eigenvalue weighted by Crippen LogP contribution is 2.22. The molecule has 1 aromatic carbocycles. The second kappa shape index (κ2) is 5.29. The maximum absolute atomic E-state index is 9.21. The molecule has 0 saturated heterocycles. The van der Waals surface area contributed by atoms with Crippen molar-refractivity contribution in [1.29, 1.82) is 0 Å². The molecule has 2 N–H and O–H groups in total. The molecule has 0 amide bonds. The number of aromatic nitrogens is 1. The van der Waals surface area contributed by atoms with E-state index in [1.165, 1.54) is 10.4 Å². The van der Waals surface area contributed by atoms with E-state index in [0.717, 1.165) is 11.4 Å². The second-order valence-corrected chi connectivity index (χ2v) is 5.16. The fourth-order valence-corrected chi connectivity index (χ4v) is 2.55. The summed E-state index contributed by atoms with van der Waals surface area (Å²) in [5.41, 5.74) is 1.17. The Morgan fingerprint density at radius 3 is 2.71 bits per heavy atom. The van der Waals surface area contributed by atoms with Crippen LogP contribution >= 0.6 is 11.3 Å². The number of nitrogens with one attached hydrogen (secondary N) is 1. The number of hydrogen-bond acceptors (Lipinski definition) is 4. The van der Waals surface area contributed by atoms with Gasteiger partial charge < -0.3 is 10.4 Å². The van der Waals surface area contributed by atoms with Gasteiger partial charge in [-0.1, -0.05) is 12.1 Å². The molecule has 0 radical (unpaired) electrons. The zero-order valence-corrected chi connectivity index (χ0v) is 10.8.